The average molecular weight is 585 g/mol. The van der Waals surface area contributed by atoms with Crippen molar-refractivity contribution in [1.82, 2.24) is 20.9 Å². The Morgan fingerprint density at radius 2 is 1.82 bits per heavy atom. The van der Waals surface area contributed by atoms with Gasteiger partial charge < -0.3 is 26.2 Å². The Morgan fingerprint density at radius 3 is 2.50 bits per heavy atom. The molecule has 8 nitrogen and oxygen atoms in total. The lowest BCUT2D eigenvalue weighted by atomic mass is 10.1. The van der Waals surface area contributed by atoms with Gasteiger partial charge >= 0.3 is 12.2 Å². The quantitative estimate of drug-likeness (QED) is 0.329. The molecule has 2 aliphatic heterocycles. The van der Waals surface area contributed by atoms with Crippen molar-refractivity contribution < 1.29 is 27.2 Å². The molecule has 13 heteroatoms. The van der Waals surface area contributed by atoms with Crippen LogP contribution in [-0.2, 0) is 6.54 Å². The van der Waals surface area contributed by atoms with Crippen LogP contribution < -0.4 is 26.2 Å². The first-order valence-corrected chi connectivity index (χ1v) is 13.6. The van der Waals surface area contributed by atoms with Gasteiger partial charge in [-0.05, 0) is 55.3 Å². The molecule has 0 bridgehead atoms. The summed E-state index contributed by atoms with van der Waals surface area (Å²) in [6.07, 6.45) is -2.98. The first-order valence-electron chi connectivity index (χ1n) is 13.3. The molecule has 4 rings (SSSR count). The van der Waals surface area contributed by atoms with Crippen molar-refractivity contribution in [1.29, 1.82) is 0 Å². The predicted molar refractivity (Wildman–Crippen MR) is 146 cm³/mol. The van der Waals surface area contributed by atoms with E-state index in [9.17, 15) is 27.2 Å². The number of urea groups is 1. The van der Waals surface area contributed by atoms with E-state index in [4.69, 9.17) is 11.6 Å². The van der Waals surface area contributed by atoms with Crippen molar-refractivity contribution in [2.45, 2.75) is 38.0 Å². The number of carbonyl (C=O) groups excluding carboxylic acids is 2. The summed E-state index contributed by atoms with van der Waals surface area (Å²) in [5.41, 5.74) is 1.35. The normalized spacial score (nSPS) is 18.0. The van der Waals surface area contributed by atoms with E-state index in [1.54, 1.807) is 29.2 Å². The molecule has 0 unspecified atom stereocenters. The highest BCUT2D eigenvalue weighted by molar-refractivity contribution is 6.31. The standard InChI is InChI=1S/C27H33ClF4N6O2/c28-19-4-6-23(24(15-19)38-12-10-37(11-13-38)9-7-27(30,31)32)36-25(39)21-5-3-18(14-22(21)29)16-34-26(40)35-17-20-2-1-8-33-20/h3-6,14-15,20,33H,1-2,7-13,16-17H2,(H,36,39)(H2,34,35,40)/t20-/m0/s1. The molecule has 2 aliphatic rings. The van der Waals surface area contributed by atoms with E-state index in [0.717, 1.165) is 19.4 Å². The van der Waals surface area contributed by atoms with Crippen LogP contribution in [-0.4, -0.2) is 74.9 Å². The molecule has 2 aromatic carbocycles. The van der Waals surface area contributed by atoms with Crippen LogP contribution in [0.2, 0.25) is 5.02 Å². The SMILES string of the molecule is O=C(NCc1ccc(C(=O)Nc2ccc(Cl)cc2N2CCN(CCC(F)(F)F)CC2)c(F)c1)NC[C@@H]1CCCN1. The maximum atomic E-state index is 14.9. The minimum Gasteiger partial charge on any atom is -0.367 e. The van der Waals surface area contributed by atoms with Gasteiger partial charge in [0.15, 0.2) is 0 Å². The molecule has 3 amide bonds. The topological polar surface area (TPSA) is 88.7 Å². The minimum absolute atomic E-state index is 0.0656. The predicted octanol–water partition coefficient (Wildman–Crippen LogP) is 4.36. The Kier molecular flexibility index (Phi) is 10.1. The van der Waals surface area contributed by atoms with Gasteiger partial charge in [-0.2, -0.15) is 13.2 Å². The maximum absolute atomic E-state index is 14.9. The highest BCUT2D eigenvalue weighted by Crippen LogP contribution is 2.31. The largest absolute Gasteiger partial charge is 0.390 e. The molecule has 4 N–H and O–H groups in total. The summed E-state index contributed by atoms with van der Waals surface area (Å²) in [4.78, 5) is 28.7. The van der Waals surface area contributed by atoms with E-state index in [1.807, 2.05) is 4.90 Å². The number of carbonyl (C=O) groups is 2. The minimum atomic E-state index is -4.20. The number of halogens is 5. The number of piperazine rings is 1. The van der Waals surface area contributed by atoms with E-state index in [1.165, 1.54) is 12.1 Å². The summed E-state index contributed by atoms with van der Waals surface area (Å²) in [5, 5.41) is 11.9. The second-order valence-corrected chi connectivity index (χ2v) is 10.4. The Labute approximate surface area is 235 Å². The van der Waals surface area contributed by atoms with E-state index < -0.39 is 24.3 Å². The van der Waals surface area contributed by atoms with Crippen LogP contribution in [0.25, 0.3) is 0 Å². The molecule has 0 saturated carbocycles. The van der Waals surface area contributed by atoms with Crippen molar-refractivity contribution in [3.8, 4) is 0 Å². The van der Waals surface area contributed by atoms with Gasteiger partial charge in [-0.3, -0.25) is 9.69 Å². The first-order chi connectivity index (χ1) is 19.1. The highest BCUT2D eigenvalue weighted by Gasteiger charge is 2.29. The summed E-state index contributed by atoms with van der Waals surface area (Å²) in [6.45, 7) is 3.23. The number of nitrogens with one attached hydrogen (secondary N) is 4. The third-order valence-electron chi connectivity index (χ3n) is 7.04. The third-order valence-corrected chi connectivity index (χ3v) is 7.27. The van der Waals surface area contributed by atoms with Crippen LogP contribution in [0.5, 0.6) is 0 Å². The molecule has 0 aromatic heterocycles. The maximum Gasteiger partial charge on any atom is 0.390 e. The number of hydrogen-bond donors (Lipinski definition) is 4. The Hall–Kier alpha value is -3.09. The Morgan fingerprint density at radius 1 is 1.05 bits per heavy atom. The van der Waals surface area contributed by atoms with E-state index in [0.29, 0.717) is 54.7 Å². The lowest BCUT2D eigenvalue weighted by Gasteiger charge is -2.37. The molecule has 0 aliphatic carbocycles. The summed E-state index contributed by atoms with van der Waals surface area (Å²) >= 11 is 6.19. The zero-order chi connectivity index (χ0) is 28.7. The second-order valence-electron chi connectivity index (χ2n) is 9.98. The lowest BCUT2D eigenvalue weighted by Crippen LogP contribution is -2.47. The van der Waals surface area contributed by atoms with Gasteiger partial charge in [0, 0.05) is 56.9 Å². The number of anilines is 2. The molecule has 2 fully saturated rings. The number of amides is 3. The molecule has 218 valence electrons. The number of benzene rings is 2. The fourth-order valence-electron chi connectivity index (χ4n) is 4.80. The zero-order valence-corrected chi connectivity index (χ0v) is 22.7. The van der Waals surface area contributed by atoms with Gasteiger partial charge in [0.1, 0.15) is 5.82 Å². The van der Waals surface area contributed by atoms with Crippen LogP contribution in [0.4, 0.5) is 33.7 Å². The van der Waals surface area contributed by atoms with Crippen molar-refractivity contribution in [3.05, 3.63) is 58.4 Å². The van der Waals surface area contributed by atoms with Gasteiger partial charge in [0.05, 0.1) is 23.4 Å². The molecular formula is C27H33ClF4N6O2. The number of nitrogens with zero attached hydrogens (tertiary/aromatic N) is 2. The number of hydrogen-bond acceptors (Lipinski definition) is 5. The monoisotopic (exact) mass is 584 g/mol. The van der Waals surface area contributed by atoms with Gasteiger partial charge in [0.25, 0.3) is 5.91 Å². The Bertz CT molecular complexity index is 1180. The van der Waals surface area contributed by atoms with Crippen LogP contribution in [0.1, 0.15) is 35.2 Å². The van der Waals surface area contributed by atoms with Crippen LogP contribution in [0.3, 0.4) is 0 Å². The molecule has 2 heterocycles. The fourth-order valence-corrected chi connectivity index (χ4v) is 4.97. The van der Waals surface area contributed by atoms with Gasteiger partial charge in [-0.25, -0.2) is 9.18 Å². The van der Waals surface area contributed by atoms with Crippen LogP contribution in [0.15, 0.2) is 36.4 Å². The van der Waals surface area contributed by atoms with E-state index in [2.05, 4.69) is 21.3 Å². The zero-order valence-electron chi connectivity index (χ0n) is 21.9. The van der Waals surface area contributed by atoms with Crippen molar-refractivity contribution in [2.75, 3.05) is 56.0 Å². The summed E-state index contributed by atoms with van der Waals surface area (Å²) in [5.74, 6) is -1.40. The smallest absolute Gasteiger partial charge is 0.367 e. The molecular weight excluding hydrogens is 552 g/mol. The number of rotatable bonds is 9. The first kappa shape index (κ1) is 29.9. The average Bonchev–Trinajstić information content (AvgIpc) is 3.44. The van der Waals surface area contributed by atoms with Gasteiger partial charge in [0.2, 0.25) is 0 Å². The second kappa shape index (κ2) is 13.5. The van der Waals surface area contributed by atoms with E-state index in [-0.39, 0.29) is 30.7 Å². The molecule has 1 atom stereocenters. The molecule has 2 aromatic rings. The Balaban J connectivity index is 1.33. The fraction of sp³-hybridized carbons (Fsp3) is 0.481. The summed E-state index contributed by atoms with van der Waals surface area (Å²) in [7, 11) is 0. The summed E-state index contributed by atoms with van der Waals surface area (Å²) in [6, 6.07) is 8.91. The molecule has 0 spiro atoms. The molecule has 40 heavy (non-hydrogen) atoms. The van der Waals surface area contributed by atoms with Gasteiger partial charge in [-0.1, -0.05) is 17.7 Å². The lowest BCUT2D eigenvalue weighted by molar-refractivity contribution is -0.138. The van der Waals surface area contributed by atoms with Crippen LogP contribution in [0, 0.1) is 5.82 Å². The van der Waals surface area contributed by atoms with Crippen molar-refractivity contribution >= 4 is 34.9 Å². The molecule has 2 saturated heterocycles. The third kappa shape index (κ3) is 8.70. The van der Waals surface area contributed by atoms with Crippen molar-refractivity contribution in [2.24, 2.45) is 0 Å². The van der Waals surface area contributed by atoms with Gasteiger partial charge in [-0.15, -0.1) is 0 Å². The van der Waals surface area contributed by atoms with Crippen molar-refractivity contribution in [3.63, 3.8) is 0 Å². The highest BCUT2D eigenvalue weighted by atomic mass is 35.5. The summed E-state index contributed by atoms with van der Waals surface area (Å²) < 4.78 is 52.6. The molecule has 0 radical (unpaired) electrons. The van der Waals surface area contributed by atoms with E-state index >= 15 is 0 Å². The number of alkyl halides is 3. The van der Waals surface area contributed by atoms with Crippen LogP contribution >= 0.6 is 11.6 Å².